The lowest BCUT2D eigenvalue weighted by atomic mass is 9.89. The number of carbonyl (C=O) groups excluding carboxylic acids is 1. The molecule has 0 aliphatic rings. The van der Waals surface area contributed by atoms with E-state index in [0.717, 1.165) is 57.9 Å². The zero-order valence-electron chi connectivity index (χ0n) is 16.3. The standard InChI is InChI=1S/C25H24O3/c1-3-5-13-19-23-18-14-9-10-15-21(18)28-22(23)16-20(17-11-7-6-8-12-17)24(19)25(26)27-4-2/h6-12,14-16H,3-5,13H2,1-2H3. The Hall–Kier alpha value is -3.07. The van der Waals surface area contributed by atoms with Crippen LogP contribution in [0.15, 0.2) is 65.1 Å². The molecule has 4 rings (SSSR count). The number of hydrogen-bond acceptors (Lipinski definition) is 3. The van der Waals surface area contributed by atoms with Crippen LogP contribution in [0.3, 0.4) is 0 Å². The lowest BCUT2D eigenvalue weighted by Crippen LogP contribution is -2.11. The molecule has 1 aromatic heterocycles. The van der Waals surface area contributed by atoms with Crippen LogP contribution in [0.4, 0.5) is 0 Å². The number of unbranched alkanes of at least 4 members (excludes halogenated alkanes) is 1. The van der Waals surface area contributed by atoms with E-state index < -0.39 is 0 Å². The van der Waals surface area contributed by atoms with Gasteiger partial charge in [0, 0.05) is 16.3 Å². The first kappa shape index (κ1) is 18.3. The molecule has 0 fully saturated rings. The Morgan fingerprint density at radius 2 is 1.71 bits per heavy atom. The molecule has 3 nitrogen and oxygen atoms in total. The Kier molecular flexibility index (Phi) is 5.16. The third-order valence-electron chi connectivity index (χ3n) is 5.12. The summed E-state index contributed by atoms with van der Waals surface area (Å²) < 4.78 is 11.7. The van der Waals surface area contributed by atoms with Gasteiger partial charge in [-0.1, -0.05) is 61.9 Å². The molecule has 0 N–H and O–H groups in total. The number of benzene rings is 3. The van der Waals surface area contributed by atoms with Gasteiger partial charge >= 0.3 is 5.97 Å². The second-order valence-corrected chi connectivity index (χ2v) is 6.94. The molecule has 0 aliphatic carbocycles. The average Bonchev–Trinajstić information content (AvgIpc) is 3.10. The molecule has 0 bridgehead atoms. The Morgan fingerprint density at radius 3 is 2.46 bits per heavy atom. The Labute approximate surface area is 164 Å². The minimum absolute atomic E-state index is 0.264. The first-order valence-corrected chi connectivity index (χ1v) is 9.94. The van der Waals surface area contributed by atoms with E-state index in [1.165, 1.54) is 0 Å². The average molecular weight is 372 g/mol. The summed E-state index contributed by atoms with van der Waals surface area (Å²) >= 11 is 0. The molecule has 142 valence electrons. The first-order chi connectivity index (χ1) is 13.7. The van der Waals surface area contributed by atoms with Gasteiger partial charge in [0.2, 0.25) is 0 Å². The van der Waals surface area contributed by atoms with Crippen molar-refractivity contribution in [3.63, 3.8) is 0 Å². The molecule has 0 aliphatic heterocycles. The zero-order chi connectivity index (χ0) is 19.5. The number of furan rings is 1. The van der Waals surface area contributed by atoms with E-state index in [2.05, 4.69) is 13.0 Å². The van der Waals surface area contributed by atoms with Gasteiger partial charge in [-0.3, -0.25) is 0 Å². The molecule has 1 heterocycles. The molecular weight excluding hydrogens is 348 g/mol. The van der Waals surface area contributed by atoms with Crippen molar-refractivity contribution in [1.82, 2.24) is 0 Å². The first-order valence-electron chi connectivity index (χ1n) is 9.94. The monoisotopic (exact) mass is 372 g/mol. The third kappa shape index (κ3) is 3.18. The maximum absolute atomic E-state index is 13.1. The Bertz CT molecular complexity index is 1120. The van der Waals surface area contributed by atoms with E-state index in [1.807, 2.05) is 61.5 Å². The highest BCUT2D eigenvalue weighted by Crippen LogP contribution is 2.39. The smallest absolute Gasteiger partial charge is 0.339 e. The van der Waals surface area contributed by atoms with Crippen LogP contribution in [0.2, 0.25) is 0 Å². The van der Waals surface area contributed by atoms with Crippen LogP contribution < -0.4 is 0 Å². The summed E-state index contributed by atoms with van der Waals surface area (Å²) in [5.74, 6) is -0.264. The van der Waals surface area contributed by atoms with Crippen LogP contribution >= 0.6 is 0 Å². The van der Waals surface area contributed by atoms with E-state index in [4.69, 9.17) is 9.15 Å². The van der Waals surface area contributed by atoms with Gasteiger partial charge in [0.1, 0.15) is 11.2 Å². The highest BCUT2D eigenvalue weighted by atomic mass is 16.5. The summed E-state index contributed by atoms with van der Waals surface area (Å²) in [7, 11) is 0. The van der Waals surface area contributed by atoms with Crippen LogP contribution in [-0.4, -0.2) is 12.6 Å². The second kappa shape index (κ2) is 7.89. The number of carbonyl (C=O) groups is 1. The summed E-state index contributed by atoms with van der Waals surface area (Å²) in [4.78, 5) is 13.1. The molecule has 0 atom stereocenters. The van der Waals surface area contributed by atoms with Gasteiger partial charge in [-0.25, -0.2) is 4.79 Å². The number of rotatable bonds is 6. The topological polar surface area (TPSA) is 39.4 Å². The number of aryl methyl sites for hydroxylation is 1. The molecule has 3 heteroatoms. The number of para-hydroxylation sites is 1. The molecule has 4 aromatic rings. The van der Waals surface area contributed by atoms with Crippen molar-refractivity contribution >= 4 is 27.9 Å². The lowest BCUT2D eigenvalue weighted by molar-refractivity contribution is 0.0526. The van der Waals surface area contributed by atoms with Crippen molar-refractivity contribution in [3.05, 3.63) is 71.8 Å². The maximum Gasteiger partial charge on any atom is 0.339 e. The molecule has 0 saturated heterocycles. The number of esters is 1. The van der Waals surface area contributed by atoms with E-state index in [-0.39, 0.29) is 5.97 Å². The highest BCUT2D eigenvalue weighted by Gasteiger charge is 2.24. The van der Waals surface area contributed by atoms with Gasteiger partial charge in [-0.15, -0.1) is 0 Å². The SMILES string of the molecule is CCCCc1c(C(=O)OCC)c(-c2ccccc2)cc2oc3ccccc3c12. The molecule has 0 spiro atoms. The fourth-order valence-electron chi connectivity index (χ4n) is 3.85. The fourth-order valence-corrected chi connectivity index (χ4v) is 3.85. The minimum atomic E-state index is -0.264. The molecule has 0 saturated carbocycles. The van der Waals surface area contributed by atoms with Gasteiger partial charge in [-0.2, -0.15) is 0 Å². The number of ether oxygens (including phenoxy) is 1. The Morgan fingerprint density at radius 1 is 0.964 bits per heavy atom. The lowest BCUT2D eigenvalue weighted by Gasteiger charge is -2.15. The largest absolute Gasteiger partial charge is 0.462 e. The van der Waals surface area contributed by atoms with Gasteiger partial charge < -0.3 is 9.15 Å². The van der Waals surface area contributed by atoms with E-state index >= 15 is 0 Å². The van der Waals surface area contributed by atoms with Crippen molar-refractivity contribution in [3.8, 4) is 11.1 Å². The summed E-state index contributed by atoms with van der Waals surface area (Å²) in [6.45, 7) is 4.36. The molecule has 3 aromatic carbocycles. The van der Waals surface area contributed by atoms with Crippen LogP contribution in [0.1, 0.15) is 42.6 Å². The molecule has 0 amide bonds. The van der Waals surface area contributed by atoms with Gasteiger partial charge in [0.15, 0.2) is 0 Å². The van der Waals surface area contributed by atoms with Crippen molar-refractivity contribution < 1.29 is 13.9 Å². The summed E-state index contributed by atoms with van der Waals surface area (Å²) in [6, 6.07) is 20.0. The predicted molar refractivity (Wildman–Crippen MR) is 114 cm³/mol. The van der Waals surface area contributed by atoms with Crippen molar-refractivity contribution in [2.45, 2.75) is 33.1 Å². The van der Waals surface area contributed by atoms with Crippen molar-refractivity contribution in [2.75, 3.05) is 6.61 Å². The summed E-state index contributed by atoms with van der Waals surface area (Å²) in [5, 5.41) is 2.08. The quantitative estimate of drug-likeness (QED) is 0.351. The van der Waals surface area contributed by atoms with E-state index in [1.54, 1.807) is 0 Å². The predicted octanol–water partition coefficient (Wildman–Crippen LogP) is 6.77. The fraction of sp³-hybridized carbons (Fsp3) is 0.240. The van der Waals surface area contributed by atoms with Crippen LogP contribution in [0.25, 0.3) is 33.1 Å². The van der Waals surface area contributed by atoms with Gasteiger partial charge in [-0.05, 0) is 43.0 Å². The summed E-state index contributed by atoms with van der Waals surface area (Å²) in [6.07, 6.45) is 2.86. The number of fused-ring (bicyclic) bond motifs is 3. The maximum atomic E-state index is 13.1. The van der Waals surface area contributed by atoms with Crippen LogP contribution in [0, 0.1) is 0 Å². The molecular formula is C25H24O3. The van der Waals surface area contributed by atoms with Gasteiger partial charge in [0.05, 0.1) is 12.2 Å². The third-order valence-corrected chi connectivity index (χ3v) is 5.12. The van der Waals surface area contributed by atoms with Crippen molar-refractivity contribution in [1.29, 1.82) is 0 Å². The second-order valence-electron chi connectivity index (χ2n) is 6.94. The molecule has 0 unspecified atom stereocenters. The van der Waals surface area contributed by atoms with Gasteiger partial charge in [0.25, 0.3) is 0 Å². The molecule has 0 radical (unpaired) electrons. The van der Waals surface area contributed by atoms with Crippen LogP contribution in [-0.2, 0) is 11.2 Å². The normalized spacial score (nSPS) is 11.2. The Balaban J connectivity index is 2.11. The molecule has 28 heavy (non-hydrogen) atoms. The van der Waals surface area contributed by atoms with Crippen LogP contribution in [0.5, 0.6) is 0 Å². The summed E-state index contributed by atoms with van der Waals surface area (Å²) in [5.41, 5.74) is 5.22. The minimum Gasteiger partial charge on any atom is -0.462 e. The number of hydrogen-bond donors (Lipinski definition) is 0. The van der Waals surface area contributed by atoms with E-state index in [9.17, 15) is 4.79 Å². The van der Waals surface area contributed by atoms with Crippen molar-refractivity contribution in [2.24, 2.45) is 0 Å². The highest BCUT2D eigenvalue weighted by molar-refractivity contribution is 6.13. The zero-order valence-corrected chi connectivity index (χ0v) is 16.3. The van der Waals surface area contributed by atoms with E-state index in [0.29, 0.717) is 12.2 Å².